The van der Waals surface area contributed by atoms with Crippen molar-refractivity contribution >= 4 is 67.3 Å². The molecule has 7 aliphatic rings. The highest BCUT2D eigenvalue weighted by molar-refractivity contribution is 6.21. The fraction of sp³-hybridized carbons (Fsp3) is 0.0938. The zero-order chi connectivity index (χ0) is 46.0. The average Bonchev–Trinajstić information content (AvgIpc) is 3.79. The van der Waals surface area contributed by atoms with Gasteiger partial charge in [0.05, 0.1) is 22.5 Å². The number of quaternary nitrogens is 3. The van der Waals surface area contributed by atoms with Crippen molar-refractivity contribution < 1.29 is 4.68 Å². The van der Waals surface area contributed by atoms with Gasteiger partial charge in [0.1, 0.15) is 5.52 Å². The molecule has 6 nitrogen and oxygen atoms in total. The van der Waals surface area contributed by atoms with Gasteiger partial charge in [0.2, 0.25) is 16.9 Å². The zero-order valence-electron chi connectivity index (χ0n) is 39.0. The quantitative estimate of drug-likeness (QED) is 0.0957. The Bertz CT molecular complexity index is 4130. The molecule has 0 saturated carbocycles. The molecule has 5 atom stereocenters. The van der Waals surface area contributed by atoms with Gasteiger partial charge in [-0.05, 0) is 110 Å². The van der Waals surface area contributed by atoms with Gasteiger partial charge in [0, 0.05) is 65.9 Å². The van der Waals surface area contributed by atoms with Crippen molar-refractivity contribution in [3.05, 3.63) is 224 Å². The Balaban J connectivity index is 1.11. The number of aromatic nitrogens is 2. The Kier molecular flexibility index (Phi) is 6.62. The lowest BCUT2D eigenvalue weighted by atomic mass is 9.86. The molecule has 328 valence electrons. The predicted molar refractivity (Wildman–Crippen MR) is 286 cm³/mol. The number of hydrogen-bond donors (Lipinski definition) is 0. The molecule has 8 heterocycles. The standard InChI is InChI=1S/C64H46N6/c1-64(2,3)41-34-35-66-58(36-41)67-54-28-13-11-23-45(54)46-32-33-48-49-37-51-44-22-10-12-27-52(44)65-53(51)38-50(49)47-26-17-31-57-61(47)68(66,62(48)59(46)67)63-69(57)55-29-14-15-30-56(55)70(63,69)60-42(39-18-6-4-7-19-39)24-16-25-43(60)40-20-8-5-9-21-40/h4-38,44,63H,1-3H3/q+4. The highest BCUT2D eigenvalue weighted by Gasteiger charge is 3.11. The molecule has 1 aliphatic carbocycles. The van der Waals surface area contributed by atoms with Gasteiger partial charge in [0.15, 0.2) is 6.20 Å². The lowest BCUT2D eigenvalue weighted by Gasteiger charge is -2.35. The summed E-state index contributed by atoms with van der Waals surface area (Å²) >= 11 is 0. The minimum atomic E-state index is -0.113. The monoisotopic (exact) mass is 898 g/mol. The predicted octanol–water partition coefficient (Wildman–Crippen LogP) is 15.6. The van der Waals surface area contributed by atoms with Crippen molar-refractivity contribution in [1.29, 1.82) is 0 Å². The second-order valence-electron chi connectivity index (χ2n) is 21.3. The van der Waals surface area contributed by atoms with Gasteiger partial charge in [-0.15, -0.1) is 0 Å². The molecule has 0 radical (unpaired) electrons. The first-order valence-corrected chi connectivity index (χ1v) is 24.8. The van der Waals surface area contributed by atoms with Gasteiger partial charge in [0.25, 0.3) is 22.7 Å². The van der Waals surface area contributed by atoms with Crippen LogP contribution in [0.3, 0.4) is 0 Å². The first kappa shape index (κ1) is 37.7. The topological polar surface area (TPSA) is 21.2 Å². The summed E-state index contributed by atoms with van der Waals surface area (Å²) in [7, 11) is 0. The molecular formula is C64H46N6+4. The van der Waals surface area contributed by atoms with Crippen LogP contribution >= 0.6 is 0 Å². The summed E-state index contributed by atoms with van der Waals surface area (Å²) in [6, 6.07) is 69.9. The van der Waals surface area contributed by atoms with Crippen molar-refractivity contribution in [2.75, 3.05) is 0 Å². The van der Waals surface area contributed by atoms with E-state index in [1.54, 1.807) is 0 Å². The van der Waals surface area contributed by atoms with E-state index in [-0.39, 0.29) is 17.6 Å². The number of rotatable bonds is 3. The van der Waals surface area contributed by atoms with Crippen molar-refractivity contribution in [3.63, 3.8) is 0 Å². The largest absolute Gasteiger partial charge is 0.498 e. The highest BCUT2D eigenvalue weighted by atomic mass is 16.2. The van der Waals surface area contributed by atoms with E-state index in [4.69, 9.17) is 4.99 Å². The number of nitrogens with zero attached hydrogens (tertiary/aromatic N) is 6. The number of allylic oxidation sites excluding steroid dienone is 4. The van der Waals surface area contributed by atoms with E-state index < -0.39 is 0 Å². The highest BCUT2D eigenvalue weighted by Crippen LogP contribution is 2.86. The first-order valence-electron chi connectivity index (χ1n) is 24.8. The van der Waals surface area contributed by atoms with Crippen LogP contribution in [-0.4, -0.2) is 16.6 Å². The summed E-state index contributed by atoms with van der Waals surface area (Å²) in [4.78, 5) is 5.37. The SMILES string of the molecule is CC(C)(C)c1cc[n+]2c(c1)-n1c3ccccc3c3ccc4c(c31)[N+]21c2c(cccc2[N+]23c5ccccc5[N+]2(c2c(-c5ccccc5)cccc2-c2ccccc2)C13)-c1cc2c(cc1-4)C1C=CC=CC1=N2. The van der Waals surface area contributed by atoms with Crippen molar-refractivity contribution in [3.8, 4) is 50.3 Å². The zero-order valence-corrected chi connectivity index (χ0v) is 39.0. The molecule has 1 saturated heterocycles. The fourth-order valence-corrected chi connectivity index (χ4v) is 14.6. The summed E-state index contributed by atoms with van der Waals surface area (Å²) in [6.45, 7) is 7.05. The van der Waals surface area contributed by atoms with E-state index in [0.29, 0.717) is 13.8 Å². The second kappa shape index (κ2) is 12.3. The molecular weight excluding hydrogens is 853 g/mol. The van der Waals surface area contributed by atoms with Crippen LogP contribution in [-0.2, 0) is 5.41 Å². The molecule has 70 heavy (non-hydrogen) atoms. The molecule has 0 N–H and O–H groups in total. The molecule has 0 amide bonds. The smallest absolute Gasteiger partial charge is 0.252 e. The van der Waals surface area contributed by atoms with Crippen LogP contribution < -0.4 is 18.5 Å². The molecule has 6 aliphatic heterocycles. The van der Waals surface area contributed by atoms with Gasteiger partial charge in [-0.2, -0.15) is 4.57 Å². The first-order chi connectivity index (χ1) is 34.4. The summed E-state index contributed by atoms with van der Waals surface area (Å²) < 4.78 is 7.11. The van der Waals surface area contributed by atoms with Crippen LogP contribution in [0.5, 0.6) is 0 Å². The Morgan fingerprint density at radius 1 is 0.529 bits per heavy atom. The fourth-order valence-electron chi connectivity index (χ4n) is 14.6. The van der Waals surface area contributed by atoms with E-state index in [0.717, 1.165) is 11.4 Å². The number of pyridine rings is 1. The van der Waals surface area contributed by atoms with Crippen LogP contribution in [0.2, 0.25) is 0 Å². The van der Waals surface area contributed by atoms with E-state index >= 15 is 0 Å². The summed E-state index contributed by atoms with van der Waals surface area (Å²) in [5, 5.41) is 2.55. The molecule has 5 unspecified atom stereocenters. The van der Waals surface area contributed by atoms with Crippen LogP contribution in [0.4, 0.5) is 39.8 Å². The molecule has 2 aromatic heterocycles. The van der Waals surface area contributed by atoms with Gasteiger partial charge < -0.3 is 0 Å². The molecule has 1 fully saturated rings. The van der Waals surface area contributed by atoms with E-state index in [2.05, 4.69) is 243 Å². The summed E-state index contributed by atoms with van der Waals surface area (Å²) in [5.41, 5.74) is 25.3. The number of para-hydroxylation sites is 5. The van der Waals surface area contributed by atoms with Crippen LogP contribution in [0, 0.1) is 0 Å². The number of hydrogen-bond acceptors (Lipinski definition) is 1. The third-order valence-corrected chi connectivity index (χ3v) is 17.2. The lowest BCUT2D eigenvalue weighted by molar-refractivity contribution is -0.793. The number of fused-ring (bicyclic) bond motifs is 14. The Morgan fingerprint density at radius 2 is 1.19 bits per heavy atom. The average molecular weight is 899 g/mol. The molecule has 10 aromatic rings. The lowest BCUT2D eigenvalue weighted by Crippen LogP contribution is -2.74. The van der Waals surface area contributed by atoms with Crippen molar-refractivity contribution in [2.45, 2.75) is 38.4 Å². The maximum atomic E-state index is 5.37. The summed E-state index contributed by atoms with van der Waals surface area (Å²) in [5.74, 6) is 1.31. The van der Waals surface area contributed by atoms with Gasteiger partial charge in [-0.1, -0.05) is 136 Å². The van der Waals surface area contributed by atoms with Crippen LogP contribution in [0.15, 0.2) is 217 Å². The summed E-state index contributed by atoms with van der Waals surface area (Å²) in [6.07, 6.45) is 11.2. The minimum Gasteiger partial charge on any atom is -0.252 e. The minimum absolute atomic E-state index is 0.0891. The molecule has 2 spiro atoms. The Hall–Kier alpha value is -8.26. The van der Waals surface area contributed by atoms with Gasteiger partial charge >= 0.3 is 12.1 Å². The molecule has 0 bridgehead atoms. The maximum Gasteiger partial charge on any atom is 0.498 e. The molecule has 8 aromatic carbocycles. The normalized spacial score (nSPS) is 23.5. The number of benzene rings is 8. The number of aliphatic imine (C=N–C) groups is 1. The maximum absolute atomic E-state index is 5.37. The van der Waals surface area contributed by atoms with Crippen molar-refractivity contribution in [1.82, 2.24) is 18.3 Å². The molecule has 17 rings (SSSR count). The Morgan fingerprint density at radius 3 is 1.96 bits per heavy atom. The molecule has 6 heteroatoms. The van der Waals surface area contributed by atoms with Crippen LogP contribution in [0.25, 0.3) is 72.1 Å². The third-order valence-electron chi connectivity index (χ3n) is 17.2. The van der Waals surface area contributed by atoms with E-state index in [1.165, 1.54) is 117 Å². The van der Waals surface area contributed by atoms with Gasteiger partial charge in [-0.25, -0.2) is 0 Å². The Labute approximate surface area is 405 Å². The van der Waals surface area contributed by atoms with Crippen LogP contribution in [0.1, 0.15) is 37.8 Å². The van der Waals surface area contributed by atoms with E-state index in [1.807, 2.05) is 0 Å². The second-order valence-corrected chi connectivity index (χ2v) is 21.3. The third kappa shape index (κ3) is 3.97. The van der Waals surface area contributed by atoms with E-state index in [9.17, 15) is 0 Å². The van der Waals surface area contributed by atoms with Crippen molar-refractivity contribution in [2.24, 2.45) is 4.99 Å². The van der Waals surface area contributed by atoms with Gasteiger partial charge in [-0.3, -0.25) is 4.99 Å².